The highest BCUT2D eigenvalue weighted by Crippen LogP contribution is 2.50. The summed E-state index contributed by atoms with van der Waals surface area (Å²) in [5.41, 5.74) is 4.99. The second-order valence-electron chi connectivity index (χ2n) is 8.47. The van der Waals surface area contributed by atoms with Crippen molar-refractivity contribution >= 4 is 46.1 Å². The van der Waals surface area contributed by atoms with Gasteiger partial charge in [-0.2, -0.15) is 5.10 Å². The van der Waals surface area contributed by atoms with Gasteiger partial charge in [0.2, 0.25) is 0 Å². The van der Waals surface area contributed by atoms with Crippen LogP contribution in [0.25, 0.3) is 27.6 Å². The second kappa shape index (κ2) is 8.14. The Hall–Kier alpha value is -1.92. The summed E-state index contributed by atoms with van der Waals surface area (Å²) in [6.07, 6.45) is 5.96. The lowest BCUT2D eigenvalue weighted by Crippen LogP contribution is -2.07. The average molecular weight is 502 g/mol. The van der Waals surface area contributed by atoms with Crippen molar-refractivity contribution in [3.63, 3.8) is 0 Å². The third kappa shape index (κ3) is 3.65. The first kappa shape index (κ1) is 20.7. The van der Waals surface area contributed by atoms with E-state index in [0.717, 1.165) is 45.5 Å². The van der Waals surface area contributed by atoms with E-state index in [1.807, 2.05) is 41.1 Å². The normalized spacial score (nSPS) is 16.3. The zero-order chi connectivity index (χ0) is 21.8. The van der Waals surface area contributed by atoms with Crippen molar-refractivity contribution in [2.24, 2.45) is 0 Å². The molecule has 0 spiro atoms. The molecule has 4 aromatic rings. The number of hydrogen-bond acceptors (Lipinski definition) is 4. The van der Waals surface area contributed by atoms with Gasteiger partial charge in [0.1, 0.15) is 10.7 Å². The molecule has 8 heteroatoms. The summed E-state index contributed by atoms with van der Waals surface area (Å²) in [5, 5.41) is 18.0. The molecular weight excluding hydrogens is 483 g/mol. The topological polar surface area (TPSA) is 43.6 Å². The number of halogens is 3. The summed E-state index contributed by atoms with van der Waals surface area (Å²) in [5.74, 6) is 1.00. The minimum atomic E-state index is 0.451. The lowest BCUT2D eigenvalue weighted by molar-refractivity contribution is 0.416. The van der Waals surface area contributed by atoms with Gasteiger partial charge in [-0.05, 0) is 61.9 Å². The average Bonchev–Trinajstić information content (AvgIpc) is 3.33. The van der Waals surface area contributed by atoms with E-state index in [4.69, 9.17) is 39.9 Å². The van der Waals surface area contributed by atoms with Crippen molar-refractivity contribution in [1.29, 1.82) is 0 Å². The molecule has 2 aliphatic carbocycles. The van der Waals surface area contributed by atoms with Crippen molar-refractivity contribution in [3.05, 3.63) is 68.1 Å². The molecule has 0 bridgehead atoms. The van der Waals surface area contributed by atoms with Crippen LogP contribution in [-0.2, 0) is 0 Å². The van der Waals surface area contributed by atoms with E-state index in [-0.39, 0.29) is 0 Å². The first-order chi connectivity index (χ1) is 15.6. The van der Waals surface area contributed by atoms with Gasteiger partial charge in [0.25, 0.3) is 0 Å². The van der Waals surface area contributed by atoms with Gasteiger partial charge in [0.15, 0.2) is 5.01 Å². The van der Waals surface area contributed by atoms with Crippen LogP contribution in [0.15, 0.2) is 42.5 Å². The molecular formula is C24H19Cl3N4S. The van der Waals surface area contributed by atoms with E-state index in [0.29, 0.717) is 26.9 Å². The molecule has 2 fully saturated rings. The van der Waals surface area contributed by atoms with Gasteiger partial charge in [0, 0.05) is 27.1 Å². The van der Waals surface area contributed by atoms with Gasteiger partial charge in [-0.1, -0.05) is 64.7 Å². The van der Waals surface area contributed by atoms with Crippen LogP contribution >= 0.6 is 46.1 Å². The maximum absolute atomic E-state index is 6.63. The Balaban J connectivity index is 1.58. The third-order valence-electron chi connectivity index (χ3n) is 6.26. The molecule has 6 rings (SSSR count). The van der Waals surface area contributed by atoms with Crippen LogP contribution in [0.1, 0.15) is 54.5 Å². The Labute approximate surface area is 205 Å². The molecule has 2 aliphatic rings. The molecule has 4 nitrogen and oxygen atoms in total. The van der Waals surface area contributed by atoms with E-state index < -0.39 is 0 Å². The molecule has 0 saturated heterocycles. The Kier molecular flexibility index (Phi) is 5.26. The Bertz CT molecular complexity index is 1300. The zero-order valence-corrected chi connectivity index (χ0v) is 20.1. The van der Waals surface area contributed by atoms with Gasteiger partial charge >= 0.3 is 0 Å². The summed E-state index contributed by atoms with van der Waals surface area (Å²) in [6.45, 7) is 0. The molecule has 162 valence electrons. The predicted octanol–water partition coefficient (Wildman–Crippen LogP) is 8.16. The number of benzene rings is 2. The maximum Gasteiger partial charge on any atom is 0.168 e. The van der Waals surface area contributed by atoms with Crippen LogP contribution < -0.4 is 0 Å². The first-order valence-corrected chi connectivity index (χ1v) is 12.7. The lowest BCUT2D eigenvalue weighted by atomic mass is 9.86. The highest BCUT2D eigenvalue weighted by molar-refractivity contribution is 7.14. The molecule has 0 atom stereocenters. The Morgan fingerprint density at radius 3 is 2.25 bits per heavy atom. The van der Waals surface area contributed by atoms with Crippen LogP contribution in [0.5, 0.6) is 0 Å². The number of nitrogens with zero attached hydrogens (tertiary/aromatic N) is 4. The minimum absolute atomic E-state index is 0.451. The van der Waals surface area contributed by atoms with Gasteiger partial charge in [-0.25, -0.2) is 4.68 Å². The summed E-state index contributed by atoms with van der Waals surface area (Å²) in [6, 6.07) is 13.4. The molecule has 0 unspecified atom stereocenters. The second-order valence-corrected chi connectivity index (χ2v) is 10.8. The van der Waals surface area contributed by atoms with Crippen LogP contribution in [-0.4, -0.2) is 20.0 Å². The van der Waals surface area contributed by atoms with Gasteiger partial charge in [-0.3, -0.25) is 0 Å². The van der Waals surface area contributed by atoms with Crippen molar-refractivity contribution < 1.29 is 0 Å². The molecule has 2 aromatic heterocycles. The Morgan fingerprint density at radius 2 is 1.59 bits per heavy atom. The summed E-state index contributed by atoms with van der Waals surface area (Å²) in [4.78, 5) is 0. The molecule has 0 N–H and O–H groups in total. The number of rotatable bonds is 5. The molecule has 0 aliphatic heterocycles. The molecule has 2 heterocycles. The van der Waals surface area contributed by atoms with Gasteiger partial charge in [-0.15, -0.1) is 10.2 Å². The van der Waals surface area contributed by atoms with Crippen LogP contribution in [0, 0.1) is 0 Å². The largest absolute Gasteiger partial charge is 0.231 e. The predicted molar refractivity (Wildman–Crippen MR) is 131 cm³/mol. The minimum Gasteiger partial charge on any atom is -0.231 e. The molecule has 0 radical (unpaired) electrons. The van der Waals surface area contributed by atoms with Gasteiger partial charge in [0.05, 0.1) is 16.4 Å². The molecule has 0 amide bonds. The maximum atomic E-state index is 6.63. The quantitative estimate of drug-likeness (QED) is 0.277. The third-order valence-corrected chi connectivity index (χ3v) is 8.14. The highest BCUT2D eigenvalue weighted by atomic mass is 35.5. The zero-order valence-electron chi connectivity index (χ0n) is 17.1. The smallest absolute Gasteiger partial charge is 0.168 e. The summed E-state index contributed by atoms with van der Waals surface area (Å²) >= 11 is 20.7. The fourth-order valence-electron chi connectivity index (χ4n) is 4.21. The molecule has 2 aromatic carbocycles. The van der Waals surface area contributed by atoms with Crippen LogP contribution in [0.4, 0.5) is 0 Å². The van der Waals surface area contributed by atoms with Gasteiger partial charge < -0.3 is 0 Å². The van der Waals surface area contributed by atoms with Crippen molar-refractivity contribution in [1.82, 2.24) is 20.0 Å². The molecule has 32 heavy (non-hydrogen) atoms. The van der Waals surface area contributed by atoms with Crippen molar-refractivity contribution in [3.8, 4) is 27.6 Å². The summed E-state index contributed by atoms with van der Waals surface area (Å²) < 4.78 is 1.94. The lowest BCUT2D eigenvalue weighted by Gasteiger charge is -2.21. The van der Waals surface area contributed by atoms with Crippen LogP contribution in [0.3, 0.4) is 0 Å². The number of hydrogen-bond donors (Lipinski definition) is 0. The standard InChI is InChI=1S/C24H19Cl3N4S/c25-16-8-6-14(7-9-16)22-20(13-4-5-13)21(24-29-28-23(32-24)15-2-1-3-15)30-31(22)19-11-10-17(26)12-18(19)27/h6-13,15H,1-5H2. The SMILES string of the molecule is Clc1ccc(-c2c(C3CC3)c(-c3nnc(C4CCC4)s3)nn2-c2ccc(Cl)cc2Cl)cc1. The highest BCUT2D eigenvalue weighted by Gasteiger charge is 2.36. The fraction of sp³-hybridized carbons (Fsp3) is 0.292. The monoisotopic (exact) mass is 500 g/mol. The fourth-order valence-corrected chi connectivity index (χ4v) is 5.84. The van der Waals surface area contributed by atoms with E-state index in [9.17, 15) is 0 Å². The van der Waals surface area contributed by atoms with Crippen molar-refractivity contribution in [2.45, 2.75) is 43.9 Å². The van der Waals surface area contributed by atoms with E-state index >= 15 is 0 Å². The summed E-state index contributed by atoms with van der Waals surface area (Å²) in [7, 11) is 0. The van der Waals surface area contributed by atoms with E-state index in [2.05, 4.69) is 10.2 Å². The number of aromatic nitrogens is 4. The van der Waals surface area contributed by atoms with Crippen molar-refractivity contribution in [2.75, 3.05) is 0 Å². The first-order valence-electron chi connectivity index (χ1n) is 10.8. The van der Waals surface area contributed by atoms with Crippen LogP contribution in [0.2, 0.25) is 15.1 Å². The van der Waals surface area contributed by atoms with E-state index in [1.54, 1.807) is 17.4 Å². The Morgan fingerprint density at radius 1 is 0.844 bits per heavy atom. The molecule has 2 saturated carbocycles. The van der Waals surface area contributed by atoms with E-state index in [1.165, 1.54) is 24.8 Å².